The molecule has 1 aliphatic rings. The average molecular weight is 292 g/mol. The van der Waals surface area contributed by atoms with E-state index in [4.69, 9.17) is 9.47 Å². The molecule has 1 aromatic carbocycles. The van der Waals surface area contributed by atoms with E-state index in [-0.39, 0.29) is 5.54 Å². The highest BCUT2D eigenvalue weighted by Gasteiger charge is 2.26. The molecule has 21 heavy (non-hydrogen) atoms. The molecule has 2 rings (SSSR count). The normalized spacial score (nSPS) is 23.6. The van der Waals surface area contributed by atoms with Crippen molar-refractivity contribution in [2.75, 3.05) is 39.9 Å². The Morgan fingerprint density at radius 1 is 1.29 bits per heavy atom. The van der Waals surface area contributed by atoms with Crippen molar-refractivity contribution in [1.29, 1.82) is 0 Å². The van der Waals surface area contributed by atoms with Gasteiger partial charge in [0.2, 0.25) is 0 Å². The van der Waals surface area contributed by atoms with E-state index in [9.17, 15) is 0 Å². The fourth-order valence-corrected chi connectivity index (χ4v) is 2.77. The van der Waals surface area contributed by atoms with E-state index in [0.29, 0.717) is 6.61 Å². The zero-order chi connectivity index (χ0) is 15.1. The molecule has 1 heterocycles. The molecule has 1 saturated heterocycles. The van der Waals surface area contributed by atoms with Crippen LogP contribution in [0.2, 0.25) is 0 Å². The zero-order valence-electron chi connectivity index (χ0n) is 13.5. The summed E-state index contributed by atoms with van der Waals surface area (Å²) in [6.07, 6.45) is 2.35. The summed E-state index contributed by atoms with van der Waals surface area (Å²) in [6, 6.07) is 7.82. The van der Waals surface area contributed by atoms with Crippen LogP contribution in [0.3, 0.4) is 0 Å². The molecule has 0 amide bonds. The second kappa shape index (κ2) is 7.66. The van der Waals surface area contributed by atoms with Gasteiger partial charge in [0.05, 0.1) is 7.11 Å². The Morgan fingerprint density at radius 3 is 2.76 bits per heavy atom. The SMILES string of the molecule is CCC1(C)CN(CCOc2ccccc2OC)CCCN1. The quantitative estimate of drug-likeness (QED) is 0.873. The molecule has 0 spiro atoms. The van der Waals surface area contributed by atoms with Crippen LogP contribution in [0.5, 0.6) is 11.5 Å². The third kappa shape index (κ3) is 4.61. The van der Waals surface area contributed by atoms with Crippen LogP contribution in [0.25, 0.3) is 0 Å². The van der Waals surface area contributed by atoms with E-state index in [0.717, 1.165) is 44.1 Å². The molecule has 0 saturated carbocycles. The first kappa shape index (κ1) is 16.1. The lowest BCUT2D eigenvalue weighted by Gasteiger charge is -2.32. The van der Waals surface area contributed by atoms with Gasteiger partial charge in [-0.3, -0.25) is 4.90 Å². The fourth-order valence-electron chi connectivity index (χ4n) is 2.77. The molecule has 1 aliphatic heterocycles. The second-order valence-corrected chi connectivity index (χ2v) is 5.97. The van der Waals surface area contributed by atoms with Crippen LogP contribution in [-0.2, 0) is 0 Å². The van der Waals surface area contributed by atoms with Crippen molar-refractivity contribution in [2.24, 2.45) is 0 Å². The van der Waals surface area contributed by atoms with Crippen LogP contribution in [-0.4, -0.2) is 50.3 Å². The van der Waals surface area contributed by atoms with Gasteiger partial charge in [0, 0.05) is 18.6 Å². The minimum Gasteiger partial charge on any atom is -0.493 e. The number of hydrogen-bond acceptors (Lipinski definition) is 4. The van der Waals surface area contributed by atoms with E-state index >= 15 is 0 Å². The molecule has 1 unspecified atom stereocenters. The molecule has 0 aromatic heterocycles. The molecular weight excluding hydrogens is 264 g/mol. The third-order valence-electron chi connectivity index (χ3n) is 4.29. The zero-order valence-corrected chi connectivity index (χ0v) is 13.5. The lowest BCUT2D eigenvalue weighted by molar-refractivity contribution is 0.176. The van der Waals surface area contributed by atoms with Crippen LogP contribution < -0.4 is 14.8 Å². The van der Waals surface area contributed by atoms with Crippen molar-refractivity contribution in [3.05, 3.63) is 24.3 Å². The highest BCUT2D eigenvalue weighted by Crippen LogP contribution is 2.25. The van der Waals surface area contributed by atoms with Gasteiger partial charge in [0.25, 0.3) is 0 Å². The topological polar surface area (TPSA) is 33.7 Å². The number of methoxy groups -OCH3 is 1. The molecular formula is C17H28N2O2. The summed E-state index contributed by atoms with van der Waals surface area (Å²) in [4.78, 5) is 2.50. The van der Waals surface area contributed by atoms with Gasteiger partial charge in [0.1, 0.15) is 6.61 Å². The predicted molar refractivity (Wildman–Crippen MR) is 86.2 cm³/mol. The Kier molecular flexibility index (Phi) is 5.88. The first-order valence-corrected chi connectivity index (χ1v) is 7.90. The Balaban J connectivity index is 1.84. The maximum atomic E-state index is 5.89. The van der Waals surface area contributed by atoms with E-state index in [2.05, 4.69) is 24.1 Å². The maximum Gasteiger partial charge on any atom is 0.161 e. The molecule has 1 N–H and O–H groups in total. The van der Waals surface area contributed by atoms with Crippen molar-refractivity contribution >= 4 is 0 Å². The number of para-hydroxylation sites is 2. The predicted octanol–water partition coefficient (Wildman–Crippen LogP) is 2.54. The second-order valence-electron chi connectivity index (χ2n) is 5.97. The van der Waals surface area contributed by atoms with E-state index in [1.807, 2.05) is 24.3 Å². The number of ether oxygens (including phenoxy) is 2. The largest absolute Gasteiger partial charge is 0.493 e. The lowest BCUT2D eigenvalue weighted by Crippen LogP contribution is -2.49. The van der Waals surface area contributed by atoms with Gasteiger partial charge in [-0.15, -0.1) is 0 Å². The summed E-state index contributed by atoms with van der Waals surface area (Å²) in [5, 5.41) is 3.66. The lowest BCUT2D eigenvalue weighted by atomic mass is 9.99. The van der Waals surface area contributed by atoms with Crippen LogP contribution >= 0.6 is 0 Å². The Labute approximate surface area is 128 Å². The van der Waals surface area contributed by atoms with Crippen LogP contribution in [0.1, 0.15) is 26.7 Å². The van der Waals surface area contributed by atoms with Gasteiger partial charge < -0.3 is 14.8 Å². The Morgan fingerprint density at radius 2 is 2.05 bits per heavy atom. The van der Waals surface area contributed by atoms with Gasteiger partial charge in [-0.1, -0.05) is 19.1 Å². The first-order chi connectivity index (χ1) is 10.2. The van der Waals surface area contributed by atoms with Crippen LogP contribution in [0, 0.1) is 0 Å². The summed E-state index contributed by atoms with van der Waals surface area (Å²) in [5.41, 5.74) is 0.223. The van der Waals surface area contributed by atoms with Gasteiger partial charge in [-0.05, 0) is 45.0 Å². The first-order valence-electron chi connectivity index (χ1n) is 7.90. The van der Waals surface area contributed by atoms with Gasteiger partial charge >= 0.3 is 0 Å². The smallest absolute Gasteiger partial charge is 0.161 e. The van der Waals surface area contributed by atoms with Gasteiger partial charge in [-0.2, -0.15) is 0 Å². The van der Waals surface area contributed by atoms with Gasteiger partial charge in [0.15, 0.2) is 11.5 Å². The Bertz CT molecular complexity index is 439. The number of nitrogens with zero attached hydrogens (tertiary/aromatic N) is 1. The van der Waals surface area contributed by atoms with E-state index in [1.165, 1.54) is 6.42 Å². The number of hydrogen-bond donors (Lipinski definition) is 1. The number of benzene rings is 1. The van der Waals surface area contributed by atoms with E-state index < -0.39 is 0 Å². The molecule has 4 nitrogen and oxygen atoms in total. The molecule has 118 valence electrons. The average Bonchev–Trinajstić information content (AvgIpc) is 2.70. The molecule has 1 atom stereocenters. The molecule has 0 radical (unpaired) electrons. The maximum absolute atomic E-state index is 5.89. The summed E-state index contributed by atoms with van der Waals surface area (Å²) in [7, 11) is 1.68. The standard InChI is InChI=1S/C17H28N2O2/c1-4-17(2)14-19(11-7-10-18-17)12-13-21-16-9-6-5-8-15(16)20-3/h5-6,8-9,18H,4,7,10-14H2,1-3H3. The van der Waals surface area contributed by atoms with Crippen LogP contribution in [0.4, 0.5) is 0 Å². The summed E-state index contributed by atoms with van der Waals surface area (Å²) in [6.45, 7) is 9.54. The minimum atomic E-state index is 0.223. The molecule has 0 aliphatic carbocycles. The fraction of sp³-hybridized carbons (Fsp3) is 0.647. The molecule has 0 bridgehead atoms. The van der Waals surface area contributed by atoms with Gasteiger partial charge in [-0.25, -0.2) is 0 Å². The highest BCUT2D eigenvalue weighted by molar-refractivity contribution is 5.39. The summed E-state index contributed by atoms with van der Waals surface area (Å²) in [5.74, 6) is 1.62. The summed E-state index contributed by atoms with van der Waals surface area (Å²) >= 11 is 0. The minimum absolute atomic E-state index is 0.223. The Hall–Kier alpha value is -1.26. The molecule has 1 aromatic rings. The molecule has 1 fully saturated rings. The summed E-state index contributed by atoms with van der Waals surface area (Å²) < 4.78 is 11.2. The van der Waals surface area contributed by atoms with Crippen molar-refractivity contribution < 1.29 is 9.47 Å². The van der Waals surface area contributed by atoms with Crippen LogP contribution in [0.15, 0.2) is 24.3 Å². The van der Waals surface area contributed by atoms with Crippen molar-refractivity contribution in [2.45, 2.75) is 32.2 Å². The monoisotopic (exact) mass is 292 g/mol. The van der Waals surface area contributed by atoms with Crippen molar-refractivity contribution in [3.8, 4) is 11.5 Å². The van der Waals surface area contributed by atoms with E-state index in [1.54, 1.807) is 7.11 Å². The highest BCUT2D eigenvalue weighted by atomic mass is 16.5. The molecule has 4 heteroatoms. The van der Waals surface area contributed by atoms with Crippen molar-refractivity contribution in [3.63, 3.8) is 0 Å². The third-order valence-corrected chi connectivity index (χ3v) is 4.29. The number of nitrogens with one attached hydrogen (secondary N) is 1. The number of rotatable bonds is 6. The van der Waals surface area contributed by atoms with Crippen molar-refractivity contribution in [1.82, 2.24) is 10.2 Å².